The Bertz CT molecular complexity index is 1050. The van der Waals surface area contributed by atoms with Gasteiger partial charge >= 0.3 is 0 Å². The molecule has 1 fully saturated rings. The van der Waals surface area contributed by atoms with E-state index in [4.69, 9.17) is 35.0 Å². The van der Waals surface area contributed by atoms with Gasteiger partial charge in [-0.3, -0.25) is 0 Å². The van der Waals surface area contributed by atoms with Crippen molar-refractivity contribution in [2.75, 3.05) is 6.61 Å². The first-order chi connectivity index (χ1) is 17.9. The summed E-state index contributed by atoms with van der Waals surface area (Å²) in [4.78, 5) is 0. The number of alkyl halides is 1. The second-order valence-electron chi connectivity index (χ2n) is 10.2. The summed E-state index contributed by atoms with van der Waals surface area (Å²) in [7, 11) is -1.98. The van der Waals surface area contributed by atoms with Crippen molar-refractivity contribution in [3.05, 3.63) is 108 Å². The molecule has 0 aromatic heterocycles. The minimum atomic E-state index is -1.98. The smallest absolute Gasteiger partial charge is 0.184 e. The Morgan fingerprint density at radius 1 is 0.649 bits per heavy atom. The normalized spacial score (nSPS) is 24.2. The summed E-state index contributed by atoms with van der Waals surface area (Å²) >= 11 is 6.82. The summed E-state index contributed by atoms with van der Waals surface area (Å²) in [6.45, 7) is 8.05. The molecule has 1 heterocycles. The van der Waals surface area contributed by atoms with Gasteiger partial charge in [-0.25, -0.2) is 0 Å². The average molecular weight is 541 g/mol. The zero-order valence-corrected chi connectivity index (χ0v) is 23.6. The summed E-state index contributed by atoms with van der Waals surface area (Å²) in [6, 6.07) is 30.3. The molecule has 0 aliphatic carbocycles. The van der Waals surface area contributed by atoms with Crippen LogP contribution in [0.25, 0.3) is 0 Å². The highest BCUT2D eigenvalue weighted by atomic mass is 35.5. The van der Waals surface area contributed by atoms with Crippen LogP contribution in [0.1, 0.15) is 16.7 Å². The van der Waals surface area contributed by atoms with E-state index < -0.39 is 38.3 Å². The van der Waals surface area contributed by atoms with Gasteiger partial charge in [0.05, 0.1) is 26.4 Å². The molecule has 3 aromatic rings. The second-order valence-corrected chi connectivity index (χ2v) is 15.1. The number of rotatable bonds is 12. The Morgan fingerprint density at radius 2 is 1.11 bits per heavy atom. The molecule has 0 N–H and O–H groups in total. The van der Waals surface area contributed by atoms with Gasteiger partial charge in [-0.15, -0.1) is 0 Å². The molecule has 0 radical (unpaired) electrons. The number of hydrogen-bond donors (Lipinski definition) is 0. The largest absolute Gasteiger partial charge is 0.408 e. The van der Waals surface area contributed by atoms with Crippen LogP contribution in [-0.2, 0) is 43.2 Å². The third kappa shape index (κ3) is 8.75. The highest BCUT2D eigenvalue weighted by Gasteiger charge is 2.49. The SMILES string of the molecule is C[Si](C)(C)O[C@@H]1[C@@H](OCc2ccccc2)[C@H](OCc2ccccc2)[C@@H](COCc2ccccc2)O[C@@H]1Cl. The van der Waals surface area contributed by atoms with Crippen molar-refractivity contribution in [1.82, 2.24) is 0 Å². The van der Waals surface area contributed by atoms with Gasteiger partial charge in [0.15, 0.2) is 13.9 Å². The molecule has 1 saturated heterocycles. The summed E-state index contributed by atoms with van der Waals surface area (Å²) < 4.78 is 32.0. The third-order valence-corrected chi connectivity index (χ3v) is 7.36. The van der Waals surface area contributed by atoms with Gasteiger partial charge in [0.1, 0.15) is 24.4 Å². The highest BCUT2D eigenvalue weighted by Crippen LogP contribution is 2.33. The van der Waals surface area contributed by atoms with Crippen LogP contribution < -0.4 is 0 Å². The Morgan fingerprint density at radius 3 is 1.59 bits per heavy atom. The number of ether oxygens (including phenoxy) is 4. The maximum atomic E-state index is 6.82. The molecular weight excluding hydrogens is 504 g/mol. The van der Waals surface area contributed by atoms with E-state index >= 15 is 0 Å². The average Bonchev–Trinajstić information content (AvgIpc) is 2.89. The van der Waals surface area contributed by atoms with Gasteiger partial charge in [0.25, 0.3) is 0 Å². The van der Waals surface area contributed by atoms with Crippen molar-refractivity contribution in [3.8, 4) is 0 Å². The summed E-state index contributed by atoms with van der Waals surface area (Å²) in [6.07, 6.45) is -1.76. The molecule has 0 saturated carbocycles. The predicted octanol–water partition coefficient (Wildman–Crippen LogP) is 6.56. The molecule has 7 heteroatoms. The van der Waals surface area contributed by atoms with Crippen molar-refractivity contribution >= 4 is 19.9 Å². The second kappa shape index (κ2) is 13.7. The lowest BCUT2D eigenvalue weighted by molar-refractivity contribution is -0.241. The quantitative estimate of drug-likeness (QED) is 0.192. The standard InChI is InChI=1S/C30H37ClO5Si/c1-37(2,3)36-29-28(34-21-25-17-11-6-12-18-25)27(33-20-24-15-9-5-10-16-24)26(35-30(29)31)22-32-19-23-13-7-4-8-14-23/h4-18,26-30H,19-22H2,1-3H3/t26-,27-,28+,29-,30+/m1/s1. The Balaban J connectivity index is 1.55. The predicted molar refractivity (Wildman–Crippen MR) is 149 cm³/mol. The molecule has 3 aromatic carbocycles. The molecule has 0 spiro atoms. The first-order valence-corrected chi connectivity index (χ1v) is 16.6. The lowest BCUT2D eigenvalue weighted by Gasteiger charge is -2.46. The van der Waals surface area contributed by atoms with Gasteiger partial charge in [0, 0.05) is 0 Å². The topological polar surface area (TPSA) is 46.2 Å². The van der Waals surface area contributed by atoms with Crippen LogP contribution in [0.2, 0.25) is 19.6 Å². The first-order valence-electron chi connectivity index (χ1n) is 12.8. The fraction of sp³-hybridized carbons (Fsp3) is 0.400. The number of halogens is 1. The number of benzene rings is 3. The van der Waals surface area contributed by atoms with Crippen molar-refractivity contribution in [1.29, 1.82) is 0 Å². The zero-order chi connectivity index (χ0) is 26.1. The Labute approximate surface area is 226 Å². The summed E-state index contributed by atoms with van der Waals surface area (Å²) in [5.74, 6) is 0. The van der Waals surface area contributed by atoms with Gasteiger partial charge in [0.2, 0.25) is 0 Å². The van der Waals surface area contributed by atoms with Crippen molar-refractivity contribution < 1.29 is 23.4 Å². The van der Waals surface area contributed by atoms with E-state index in [9.17, 15) is 0 Å². The highest BCUT2D eigenvalue weighted by molar-refractivity contribution is 6.69. The fourth-order valence-corrected chi connectivity index (χ4v) is 5.81. The Hall–Kier alpha value is -2.03. The molecule has 4 rings (SSSR count). The molecule has 5 atom stereocenters. The van der Waals surface area contributed by atoms with E-state index in [0.717, 1.165) is 16.7 Å². The van der Waals surface area contributed by atoms with Crippen LogP contribution in [-0.4, -0.2) is 44.9 Å². The maximum Gasteiger partial charge on any atom is 0.184 e. The van der Waals surface area contributed by atoms with E-state index in [1.807, 2.05) is 91.0 Å². The van der Waals surface area contributed by atoms with Gasteiger partial charge in [-0.2, -0.15) is 0 Å². The zero-order valence-electron chi connectivity index (χ0n) is 21.8. The minimum absolute atomic E-state index is 0.322. The minimum Gasteiger partial charge on any atom is -0.408 e. The van der Waals surface area contributed by atoms with E-state index in [1.165, 1.54) is 0 Å². The molecule has 0 amide bonds. The summed E-state index contributed by atoms with van der Waals surface area (Å²) in [5, 5.41) is 0. The molecule has 5 nitrogen and oxygen atoms in total. The first kappa shape index (κ1) is 28.0. The van der Waals surface area contributed by atoms with Crippen LogP contribution >= 0.6 is 11.6 Å². The molecule has 0 bridgehead atoms. The van der Waals surface area contributed by atoms with Gasteiger partial charge in [-0.05, 0) is 36.3 Å². The van der Waals surface area contributed by atoms with Crippen LogP contribution in [0.3, 0.4) is 0 Å². The lowest BCUT2D eigenvalue weighted by Crippen LogP contribution is -2.61. The van der Waals surface area contributed by atoms with Crippen molar-refractivity contribution in [3.63, 3.8) is 0 Å². The van der Waals surface area contributed by atoms with Crippen LogP contribution in [0.4, 0.5) is 0 Å². The van der Waals surface area contributed by atoms with Crippen molar-refractivity contribution in [2.45, 2.75) is 69.4 Å². The molecule has 198 valence electrons. The Kier molecular flexibility index (Phi) is 10.3. The van der Waals surface area contributed by atoms with E-state index in [-0.39, 0.29) is 0 Å². The molecule has 1 aliphatic heterocycles. The third-order valence-electron chi connectivity index (χ3n) is 6.03. The lowest BCUT2D eigenvalue weighted by atomic mass is 9.99. The van der Waals surface area contributed by atoms with Crippen LogP contribution in [0, 0.1) is 0 Å². The molecular formula is C30H37ClO5Si. The van der Waals surface area contributed by atoms with Gasteiger partial charge in [-0.1, -0.05) is 103 Å². The fourth-order valence-electron chi connectivity index (χ4n) is 4.32. The maximum absolute atomic E-state index is 6.82. The molecule has 37 heavy (non-hydrogen) atoms. The molecule has 1 aliphatic rings. The van der Waals surface area contributed by atoms with E-state index in [2.05, 4.69) is 19.6 Å². The van der Waals surface area contributed by atoms with E-state index in [1.54, 1.807) is 0 Å². The van der Waals surface area contributed by atoms with Crippen LogP contribution in [0.15, 0.2) is 91.0 Å². The van der Waals surface area contributed by atoms with Gasteiger partial charge < -0.3 is 23.4 Å². The van der Waals surface area contributed by atoms with Crippen LogP contribution in [0.5, 0.6) is 0 Å². The summed E-state index contributed by atoms with van der Waals surface area (Å²) in [5.41, 5.74) is 2.56. The van der Waals surface area contributed by atoms with Crippen molar-refractivity contribution in [2.24, 2.45) is 0 Å². The monoisotopic (exact) mass is 540 g/mol. The number of hydrogen-bond acceptors (Lipinski definition) is 5. The molecule has 0 unspecified atom stereocenters. The van der Waals surface area contributed by atoms with E-state index in [0.29, 0.717) is 26.4 Å².